The number of hydrogen-bond donors (Lipinski definition) is 0. The van der Waals surface area contributed by atoms with Crippen LogP contribution in [0.1, 0.15) is 19.4 Å². The quantitative estimate of drug-likeness (QED) is 0.481. The lowest BCUT2D eigenvalue weighted by atomic mass is 10.0. The van der Waals surface area contributed by atoms with Crippen molar-refractivity contribution >= 4 is 22.5 Å². The highest BCUT2D eigenvalue weighted by molar-refractivity contribution is 5.83. The third-order valence-electron chi connectivity index (χ3n) is 3.06. The lowest BCUT2D eigenvalue weighted by molar-refractivity contribution is -0.154. The minimum Gasteiger partial charge on any atom is -0.466 e. The van der Waals surface area contributed by atoms with Crippen molar-refractivity contribution in [3.63, 3.8) is 0 Å². The lowest BCUT2D eigenvalue weighted by Gasteiger charge is -2.13. The second-order valence-corrected chi connectivity index (χ2v) is 5.04. The molecule has 0 N–H and O–H groups in total. The zero-order valence-electron chi connectivity index (χ0n) is 12.5. The fourth-order valence-electron chi connectivity index (χ4n) is 2.04. The van der Waals surface area contributed by atoms with Crippen LogP contribution < -0.4 is 0 Å². The summed E-state index contributed by atoms with van der Waals surface area (Å²) in [6.07, 6.45) is -0.306. The standard InChI is InChI=1S/C17H19NO3/c1-12(2)18-21-16(17(19)20-3)11-13-8-9-14-6-4-5-7-15(14)10-13/h4-10,16H,11H2,1-3H3/t16-/m0/s1. The number of rotatable bonds is 5. The van der Waals surface area contributed by atoms with Gasteiger partial charge in [-0.25, -0.2) is 4.79 Å². The van der Waals surface area contributed by atoms with Crippen LogP contribution in [-0.2, 0) is 20.8 Å². The van der Waals surface area contributed by atoms with Crippen LogP contribution in [0, 0.1) is 0 Å². The average Bonchev–Trinajstić information content (AvgIpc) is 2.50. The van der Waals surface area contributed by atoms with Gasteiger partial charge < -0.3 is 9.57 Å². The van der Waals surface area contributed by atoms with Gasteiger partial charge >= 0.3 is 5.97 Å². The van der Waals surface area contributed by atoms with Crippen LogP contribution in [0.3, 0.4) is 0 Å². The fourth-order valence-corrected chi connectivity index (χ4v) is 2.04. The lowest BCUT2D eigenvalue weighted by Crippen LogP contribution is -2.26. The van der Waals surface area contributed by atoms with Crippen molar-refractivity contribution in [3.05, 3.63) is 48.0 Å². The topological polar surface area (TPSA) is 47.9 Å². The Morgan fingerprint density at radius 2 is 1.86 bits per heavy atom. The molecule has 0 aliphatic heterocycles. The maximum atomic E-state index is 11.8. The number of carbonyl (C=O) groups excluding carboxylic acids is 1. The maximum absolute atomic E-state index is 11.8. The SMILES string of the molecule is COC(=O)[C@H](Cc1ccc2ccccc2c1)ON=C(C)C. The van der Waals surface area contributed by atoms with Crippen LogP contribution in [0.2, 0.25) is 0 Å². The number of carbonyl (C=O) groups is 1. The van der Waals surface area contributed by atoms with E-state index in [9.17, 15) is 4.79 Å². The summed E-state index contributed by atoms with van der Waals surface area (Å²) in [6, 6.07) is 14.2. The van der Waals surface area contributed by atoms with E-state index in [0.717, 1.165) is 16.7 Å². The molecule has 110 valence electrons. The molecule has 0 heterocycles. The van der Waals surface area contributed by atoms with E-state index in [2.05, 4.69) is 17.3 Å². The molecule has 0 saturated heterocycles. The molecule has 0 aromatic heterocycles. The zero-order valence-corrected chi connectivity index (χ0v) is 12.5. The first-order chi connectivity index (χ1) is 10.1. The highest BCUT2D eigenvalue weighted by Crippen LogP contribution is 2.17. The Kier molecular flexibility index (Phi) is 4.93. The van der Waals surface area contributed by atoms with Crippen molar-refractivity contribution in [1.29, 1.82) is 0 Å². The molecule has 0 unspecified atom stereocenters. The van der Waals surface area contributed by atoms with Crippen molar-refractivity contribution in [2.75, 3.05) is 7.11 Å². The Hall–Kier alpha value is -2.36. The monoisotopic (exact) mass is 285 g/mol. The average molecular weight is 285 g/mol. The van der Waals surface area contributed by atoms with Crippen LogP contribution in [0.4, 0.5) is 0 Å². The van der Waals surface area contributed by atoms with Crippen LogP contribution in [0.25, 0.3) is 10.8 Å². The Morgan fingerprint density at radius 3 is 2.52 bits per heavy atom. The third-order valence-corrected chi connectivity index (χ3v) is 3.06. The molecule has 0 amide bonds. The highest BCUT2D eigenvalue weighted by Gasteiger charge is 2.21. The van der Waals surface area contributed by atoms with E-state index in [1.165, 1.54) is 12.5 Å². The number of hydrogen-bond acceptors (Lipinski definition) is 4. The van der Waals surface area contributed by atoms with E-state index < -0.39 is 12.1 Å². The molecular formula is C17H19NO3. The first-order valence-corrected chi connectivity index (χ1v) is 6.82. The van der Waals surface area contributed by atoms with E-state index >= 15 is 0 Å². The van der Waals surface area contributed by atoms with Crippen molar-refractivity contribution in [3.8, 4) is 0 Å². The molecule has 4 heteroatoms. The Bertz CT molecular complexity index is 660. The molecule has 2 aromatic carbocycles. The van der Waals surface area contributed by atoms with E-state index in [1.54, 1.807) is 0 Å². The molecule has 21 heavy (non-hydrogen) atoms. The van der Waals surface area contributed by atoms with Crippen LogP contribution in [0.5, 0.6) is 0 Å². The largest absolute Gasteiger partial charge is 0.466 e. The third kappa shape index (κ3) is 4.05. The molecule has 0 radical (unpaired) electrons. The second-order valence-electron chi connectivity index (χ2n) is 5.04. The summed E-state index contributed by atoms with van der Waals surface area (Å²) in [5.74, 6) is -0.423. The van der Waals surface area contributed by atoms with Gasteiger partial charge in [-0.2, -0.15) is 0 Å². The number of esters is 1. The molecule has 0 saturated carbocycles. The summed E-state index contributed by atoms with van der Waals surface area (Å²) in [5, 5.41) is 6.17. The van der Waals surface area contributed by atoms with E-state index in [-0.39, 0.29) is 0 Å². The molecule has 0 spiro atoms. The van der Waals surface area contributed by atoms with Crippen LogP contribution in [-0.4, -0.2) is 24.9 Å². The van der Waals surface area contributed by atoms with Crippen LogP contribution >= 0.6 is 0 Å². The van der Waals surface area contributed by atoms with E-state index in [0.29, 0.717) is 6.42 Å². The maximum Gasteiger partial charge on any atom is 0.350 e. The first-order valence-electron chi connectivity index (χ1n) is 6.82. The Morgan fingerprint density at radius 1 is 1.14 bits per heavy atom. The van der Waals surface area contributed by atoms with Gasteiger partial charge in [0.1, 0.15) is 0 Å². The molecule has 0 aliphatic rings. The summed E-state index contributed by atoms with van der Waals surface area (Å²) < 4.78 is 4.77. The summed E-state index contributed by atoms with van der Waals surface area (Å²) in [6.45, 7) is 3.62. The smallest absolute Gasteiger partial charge is 0.350 e. The van der Waals surface area contributed by atoms with Gasteiger partial charge in [-0.15, -0.1) is 0 Å². The predicted molar refractivity (Wildman–Crippen MR) is 83.3 cm³/mol. The number of methoxy groups -OCH3 is 1. The predicted octanol–water partition coefficient (Wildman–Crippen LogP) is 3.34. The van der Waals surface area contributed by atoms with Crippen molar-refractivity contribution < 1.29 is 14.4 Å². The van der Waals surface area contributed by atoms with Gasteiger partial charge in [0.05, 0.1) is 12.8 Å². The molecule has 0 fully saturated rings. The molecule has 0 aliphatic carbocycles. The summed E-state index contributed by atoms with van der Waals surface area (Å²) >= 11 is 0. The minimum absolute atomic E-state index is 0.423. The number of fused-ring (bicyclic) bond motifs is 1. The van der Waals surface area contributed by atoms with Crippen molar-refractivity contribution in [2.45, 2.75) is 26.4 Å². The van der Waals surface area contributed by atoms with Gasteiger partial charge in [-0.1, -0.05) is 47.6 Å². The van der Waals surface area contributed by atoms with Gasteiger partial charge in [-0.05, 0) is 30.2 Å². The first kappa shape index (κ1) is 15.0. The molecule has 2 rings (SSSR count). The summed E-state index contributed by atoms with van der Waals surface area (Å²) in [4.78, 5) is 17.1. The normalized spacial score (nSPS) is 11.8. The molecule has 2 aromatic rings. The van der Waals surface area contributed by atoms with Crippen molar-refractivity contribution in [1.82, 2.24) is 0 Å². The molecule has 0 bridgehead atoms. The van der Waals surface area contributed by atoms with E-state index in [1.807, 2.05) is 44.2 Å². The zero-order chi connectivity index (χ0) is 15.2. The number of benzene rings is 2. The van der Waals surface area contributed by atoms with Crippen molar-refractivity contribution in [2.24, 2.45) is 5.16 Å². The highest BCUT2D eigenvalue weighted by atomic mass is 16.7. The van der Waals surface area contributed by atoms with Gasteiger partial charge in [0.15, 0.2) is 0 Å². The molecule has 4 nitrogen and oxygen atoms in total. The number of oxime groups is 1. The number of ether oxygens (including phenoxy) is 1. The Balaban J connectivity index is 2.21. The van der Waals surface area contributed by atoms with E-state index in [4.69, 9.17) is 9.57 Å². The Labute approximate surface area is 124 Å². The summed E-state index contributed by atoms with van der Waals surface area (Å²) in [5.41, 5.74) is 1.76. The number of nitrogens with zero attached hydrogens (tertiary/aromatic N) is 1. The van der Waals surface area contributed by atoms with Gasteiger partial charge in [0, 0.05) is 6.42 Å². The fraction of sp³-hybridized carbons (Fsp3) is 0.294. The summed E-state index contributed by atoms with van der Waals surface area (Å²) in [7, 11) is 1.35. The molecular weight excluding hydrogens is 266 g/mol. The van der Waals surface area contributed by atoms with Gasteiger partial charge in [0.2, 0.25) is 6.10 Å². The minimum atomic E-state index is -0.730. The molecule has 1 atom stereocenters. The van der Waals surface area contributed by atoms with Gasteiger partial charge in [-0.3, -0.25) is 0 Å². The second kappa shape index (κ2) is 6.88. The van der Waals surface area contributed by atoms with Gasteiger partial charge in [0.25, 0.3) is 0 Å². The van der Waals surface area contributed by atoms with Crippen LogP contribution in [0.15, 0.2) is 47.6 Å².